The molecule has 0 aromatic heterocycles. The van der Waals surface area contributed by atoms with E-state index in [0.717, 1.165) is 22.4 Å². The van der Waals surface area contributed by atoms with Crippen molar-refractivity contribution >= 4 is 5.97 Å². The van der Waals surface area contributed by atoms with Gasteiger partial charge in [-0.1, -0.05) is 38.1 Å². The number of benzene rings is 2. The van der Waals surface area contributed by atoms with Crippen molar-refractivity contribution in [1.29, 1.82) is 0 Å². The topological polar surface area (TPSA) is 55.8 Å². The fraction of sp³-hybridized carbons (Fsp3) is 0.316. The summed E-state index contributed by atoms with van der Waals surface area (Å²) in [5.74, 6) is 0.627. The monoisotopic (exact) mass is 314 g/mol. The summed E-state index contributed by atoms with van der Waals surface area (Å²) in [6.45, 7) is 4.38. The Morgan fingerprint density at radius 3 is 2.30 bits per heavy atom. The summed E-state index contributed by atoms with van der Waals surface area (Å²) in [6.07, 6.45) is 0. The van der Waals surface area contributed by atoms with Gasteiger partial charge in [-0.2, -0.15) is 0 Å². The fourth-order valence-corrected chi connectivity index (χ4v) is 2.42. The molecule has 2 rings (SSSR count). The van der Waals surface area contributed by atoms with Gasteiger partial charge in [-0.25, -0.2) is 4.79 Å². The van der Waals surface area contributed by atoms with Crippen molar-refractivity contribution in [3.63, 3.8) is 0 Å². The summed E-state index contributed by atoms with van der Waals surface area (Å²) < 4.78 is 10.2. The van der Waals surface area contributed by atoms with E-state index < -0.39 is 0 Å². The van der Waals surface area contributed by atoms with Crippen molar-refractivity contribution in [2.24, 2.45) is 0 Å². The number of esters is 1. The van der Waals surface area contributed by atoms with E-state index in [0.29, 0.717) is 5.56 Å². The van der Waals surface area contributed by atoms with Crippen molar-refractivity contribution < 1.29 is 19.4 Å². The molecule has 2 aromatic rings. The lowest BCUT2D eigenvalue weighted by molar-refractivity contribution is 0.0599. The number of carbonyl (C=O) groups excluding carboxylic acids is 1. The molecular weight excluding hydrogens is 292 g/mol. The number of methoxy groups -OCH3 is 1. The number of hydrogen-bond acceptors (Lipinski definition) is 4. The number of ether oxygens (including phenoxy) is 2. The summed E-state index contributed by atoms with van der Waals surface area (Å²) in [5, 5.41) is 8.77. The lowest BCUT2D eigenvalue weighted by Gasteiger charge is -2.14. The fourth-order valence-electron chi connectivity index (χ4n) is 2.42. The van der Waals surface area contributed by atoms with Gasteiger partial charge in [0.15, 0.2) is 0 Å². The van der Waals surface area contributed by atoms with E-state index in [1.165, 1.54) is 7.11 Å². The number of hydrogen-bond donors (Lipinski definition) is 1. The van der Waals surface area contributed by atoms with Crippen LogP contribution in [0.4, 0.5) is 0 Å². The molecule has 0 fully saturated rings. The highest BCUT2D eigenvalue weighted by Crippen LogP contribution is 2.28. The van der Waals surface area contributed by atoms with Gasteiger partial charge in [0.1, 0.15) is 12.4 Å². The Morgan fingerprint density at radius 2 is 1.74 bits per heavy atom. The predicted molar refractivity (Wildman–Crippen MR) is 89.9 cm³/mol. The highest BCUT2D eigenvalue weighted by Gasteiger charge is 2.15. The van der Waals surface area contributed by atoms with Gasteiger partial charge in [0.05, 0.1) is 19.3 Å². The molecule has 0 saturated carbocycles. The van der Waals surface area contributed by atoms with E-state index in [9.17, 15) is 4.79 Å². The van der Waals surface area contributed by atoms with Crippen molar-refractivity contribution in [2.45, 2.75) is 19.8 Å². The summed E-state index contributed by atoms with van der Waals surface area (Å²) in [5.41, 5.74) is 3.65. The van der Waals surface area contributed by atoms with Crippen molar-refractivity contribution in [1.82, 2.24) is 0 Å². The van der Waals surface area contributed by atoms with Gasteiger partial charge >= 0.3 is 5.97 Å². The van der Waals surface area contributed by atoms with Gasteiger partial charge < -0.3 is 14.6 Å². The summed E-state index contributed by atoms with van der Waals surface area (Å²) >= 11 is 0. The molecule has 0 heterocycles. The Labute approximate surface area is 136 Å². The van der Waals surface area contributed by atoms with E-state index in [4.69, 9.17) is 14.6 Å². The van der Waals surface area contributed by atoms with Crippen LogP contribution in [-0.2, 0) is 4.74 Å². The van der Waals surface area contributed by atoms with Crippen LogP contribution in [0.15, 0.2) is 42.5 Å². The average molecular weight is 314 g/mol. The van der Waals surface area contributed by atoms with Gasteiger partial charge in [0.25, 0.3) is 0 Å². The molecule has 23 heavy (non-hydrogen) atoms. The molecule has 0 radical (unpaired) electrons. The van der Waals surface area contributed by atoms with Crippen LogP contribution in [0, 0.1) is 0 Å². The Balaban J connectivity index is 2.32. The smallest absolute Gasteiger partial charge is 0.338 e. The van der Waals surface area contributed by atoms with Crippen LogP contribution >= 0.6 is 0 Å². The van der Waals surface area contributed by atoms with E-state index >= 15 is 0 Å². The Bertz CT molecular complexity index is 660. The lowest BCUT2D eigenvalue weighted by Crippen LogP contribution is -2.07. The van der Waals surface area contributed by atoms with Crippen molar-refractivity contribution in [3.05, 3.63) is 53.6 Å². The molecule has 2 aromatic carbocycles. The Kier molecular flexibility index (Phi) is 5.77. The van der Waals surface area contributed by atoms with Gasteiger partial charge in [0, 0.05) is 0 Å². The maximum absolute atomic E-state index is 11.9. The highest BCUT2D eigenvalue weighted by molar-refractivity contribution is 5.92. The molecule has 0 aliphatic heterocycles. The second-order valence-corrected chi connectivity index (χ2v) is 5.54. The molecule has 0 spiro atoms. The molecule has 0 amide bonds. The average Bonchev–Trinajstić information content (AvgIpc) is 2.59. The first-order valence-electron chi connectivity index (χ1n) is 7.63. The summed E-state index contributed by atoms with van der Waals surface area (Å²) in [4.78, 5) is 11.9. The van der Waals surface area contributed by atoms with E-state index in [1.807, 2.05) is 42.5 Å². The summed E-state index contributed by atoms with van der Waals surface area (Å²) in [6, 6.07) is 13.4. The molecule has 4 heteroatoms. The van der Waals surface area contributed by atoms with Crippen LogP contribution in [0.2, 0.25) is 0 Å². The van der Waals surface area contributed by atoms with Crippen LogP contribution < -0.4 is 4.74 Å². The van der Waals surface area contributed by atoms with Crippen molar-refractivity contribution in [3.8, 4) is 16.9 Å². The third-order valence-electron chi connectivity index (χ3n) is 3.63. The van der Waals surface area contributed by atoms with Gasteiger partial charge in [-0.05, 0) is 40.8 Å². The van der Waals surface area contributed by atoms with Gasteiger partial charge in [-0.3, -0.25) is 0 Å². The number of carbonyl (C=O) groups is 1. The molecule has 0 bridgehead atoms. The van der Waals surface area contributed by atoms with Crippen molar-refractivity contribution in [2.75, 3.05) is 20.3 Å². The standard InChI is InChI=1S/C19H22O4/c1-13(2)18-12-15(6-9-17(18)19(21)22-3)14-4-7-16(8-5-14)23-11-10-20/h4-9,12-13,20H,10-11H2,1-3H3. The first-order chi connectivity index (χ1) is 11.1. The zero-order chi connectivity index (χ0) is 16.8. The molecule has 1 N–H and O–H groups in total. The zero-order valence-corrected chi connectivity index (χ0v) is 13.7. The lowest BCUT2D eigenvalue weighted by atomic mass is 9.92. The van der Waals surface area contributed by atoms with Crippen LogP contribution in [0.5, 0.6) is 5.75 Å². The maximum atomic E-state index is 11.9. The molecular formula is C19H22O4. The van der Waals surface area contributed by atoms with Crippen LogP contribution in [0.3, 0.4) is 0 Å². The number of aliphatic hydroxyl groups excluding tert-OH is 1. The first kappa shape index (κ1) is 17.0. The largest absolute Gasteiger partial charge is 0.491 e. The molecule has 0 unspecified atom stereocenters. The number of rotatable bonds is 6. The zero-order valence-electron chi connectivity index (χ0n) is 13.7. The number of aliphatic hydroxyl groups is 1. The normalized spacial score (nSPS) is 10.7. The quantitative estimate of drug-likeness (QED) is 0.827. The second kappa shape index (κ2) is 7.79. The third kappa shape index (κ3) is 4.11. The molecule has 0 aliphatic rings. The molecule has 4 nitrogen and oxygen atoms in total. The third-order valence-corrected chi connectivity index (χ3v) is 3.63. The minimum Gasteiger partial charge on any atom is -0.491 e. The van der Waals surface area contributed by atoms with E-state index in [-0.39, 0.29) is 25.1 Å². The van der Waals surface area contributed by atoms with Gasteiger partial charge in [0.2, 0.25) is 0 Å². The summed E-state index contributed by atoms with van der Waals surface area (Å²) in [7, 11) is 1.39. The van der Waals surface area contributed by atoms with Crippen LogP contribution in [-0.4, -0.2) is 31.4 Å². The predicted octanol–water partition coefficient (Wildman–Crippen LogP) is 3.63. The SMILES string of the molecule is COC(=O)c1ccc(-c2ccc(OCCO)cc2)cc1C(C)C. The van der Waals surface area contributed by atoms with E-state index in [1.54, 1.807) is 0 Å². The molecule has 122 valence electrons. The molecule has 0 atom stereocenters. The molecule has 0 aliphatic carbocycles. The second-order valence-electron chi connectivity index (χ2n) is 5.54. The van der Waals surface area contributed by atoms with Gasteiger partial charge in [-0.15, -0.1) is 0 Å². The minimum atomic E-state index is -0.312. The van der Waals surface area contributed by atoms with Crippen LogP contribution in [0.1, 0.15) is 35.7 Å². The highest BCUT2D eigenvalue weighted by atomic mass is 16.5. The van der Waals surface area contributed by atoms with Crippen LogP contribution in [0.25, 0.3) is 11.1 Å². The molecule has 0 saturated heterocycles. The Morgan fingerprint density at radius 1 is 1.09 bits per heavy atom. The minimum absolute atomic E-state index is 0.00547. The first-order valence-corrected chi connectivity index (χ1v) is 7.63. The maximum Gasteiger partial charge on any atom is 0.338 e. The Hall–Kier alpha value is -2.33. The van der Waals surface area contributed by atoms with E-state index in [2.05, 4.69) is 13.8 Å².